The second-order valence-corrected chi connectivity index (χ2v) is 4.71. The van der Waals surface area contributed by atoms with Crippen LogP contribution in [-0.4, -0.2) is 35.8 Å². The van der Waals surface area contributed by atoms with Crippen LogP contribution in [0.1, 0.15) is 14.5 Å². The molecule has 1 amide bonds. The zero-order valence-corrected chi connectivity index (χ0v) is 9.86. The van der Waals surface area contributed by atoms with Crippen LogP contribution in [0.15, 0.2) is 6.07 Å². The number of aryl methyl sites for hydroxylation is 1. The van der Waals surface area contributed by atoms with Gasteiger partial charge in [0.15, 0.2) is 6.73 Å². The number of rotatable bonds is 4. The van der Waals surface area contributed by atoms with Gasteiger partial charge in [0.25, 0.3) is 11.0 Å². The molecule has 0 saturated heterocycles. The van der Waals surface area contributed by atoms with E-state index in [0.29, 0.717) is 10.6 Å². The largest absolute Gasteiger partial charge is 0.471 e. The molecule has 0 fully saturated rings. The smallest absolute Gasteiger partial charge is 0.294 e. The first-order valence-corrected chi connectivity index (χ1v) is 5.69. The van der Waals surface area contributed by atoms with Gasteiger partial charge >= 0.3 is 0 Å². The fourth-order valence-electron chi connectivity index (χ4n) is 1.49. The molecule has 0 spiro atoms. The maximum atomic E-state index is 11.9. The van der Waals surface area contributed by atoms with Gasteiger partial charge in [0, 0.05) is 11.4 Å². The Morgan fingerprint density at radius 1 is 1.71 bits per heavy atom. The summed E-state index contributed by atoms with van der Waals surface area (Å²) in [7, 11) is 0. The summed E-state index contributed by atoms with van der Waals surface area (Å²) < 4.78 is 5.37. The highest BCUT2D eigenvalue weighted by molar-refractivity contribution is 7.14. The van der Waals surface area contributed by atoms with Crippen LogP contribution in [0, 0.1) is 17.0 Å². The molecule has 0 bridgehead atoms. The van der Waals surface area contributed by atoms with E-state index >= 15 is 0 Å². The van der Waals surface area contributed by atoms with E-state index in [9.17, 15) is 14.9 Å². The summed E-state index contributed by atoms with van der Waals surface area (Å²) >= 11 is 1.35. The molecular formula is C9H10N2O5S. The van der Waals surface area contributed by atoms with Gasteiger partial charge in [0.1, 0.15) is 17.2 Å². The molecule has 92 valence electrons. The normalized spacial score (nSPS) is 14.2. The summed E-state index contributed by atoms with van der Waals surface area (Å²) in [5, 5.41) is 9.10. The lowest BCUT2D eigenvalue weighted by Crippen LogP contribution is -2.40. The van der Waals surface area contributed by atoms with Crippen molar-refractivity contribution in [1.82, 2.24) is 4.90 Å². The van der Waals surface area contributed by atoms with Gasteiger partial charge in [0.05, 0.1) is 0 Å². The van der Waals surface area contributed by atoms with E-state index in [-0.39, 0.29) is 25.8 Å². The highest BCUT2D eigenvalue weighted by Crippen LogP contribution is 2.32. The van der Waals surface area contributed by atoms with Crippen molar-refractivity contribution in [3.8, 4) is 5.75 Å². The summed E-state index contributed by atoms with van der Waals surface area (Å²) in [4.78, 5) is 29.0. The number of amides is 1. The highest BCUT2D eigenvalue weighted by atomic mass is 32.1. The maximum Gasteiger partial charge on any atom is 0.294 e. The highest BCUT2D eigenvalue weighted by Gasteiger charge is 2.27. The Morgan fingerprint density at radius 2 is 2.47 bits per heavy atom. The lowest BCUT2D eigenvalue weighted by molar-refractivity contribution is -0.757. The third-order valence-corrected chi connectivity index (χ3v) is 3.26. The lowest BCUT2D eigenvalue weighted by atomic mass is 10.3. The minimum Gasteiger partial charge on any atom is -0.471 e. The lowest BCUT2D eigenvalue weighted by Gasteiger charge is -2.26. The molecule has 0 radical (unpaired) electrons. The van der Waals surface area contributed by atoms with Crippen molar-refractivity contribution in [2.45, 2.75) is 6.92 Å². The Balaban J connectivity index is 1.99. The van der Waals surface area contributed by atoms with Crippen molar-refractivity contribution in [2.75, 3.05) is 19.9 Å². The number of carbonyl (C=O) groups excluding carboxylic acids is 1. The van der Waals surface area contributed by atoms with Gasteiger partial charge in [-0.1, -0.05) is 0 Å². The molecule has 0 atom stereocenters. The quantitative estimate of drug-likeness (QED) is 0.595. The number of hydrogen-bond acceptors (Lipinski definition) is 6. The zero-order valence-electron chi connectivity index (χ0n) is 9.04. The van der Waals surface area contributed by atoms with Crippen LogP contribution in [0.3, 0.4) is 0 Å². The Labute approximate surface area is 101 Å². The van der Waals surface area contributed by atoms with Crippen LogP contribution >= 0.6 is 11.3 Å². The van der Waals surface area contributed by atoms with Gasteiger partial charge in [0.2, 0.25) is 0 Å². The van der Waals surface area contributed by atoms with Crippen molar-refractivity contribution >= 4 is 17.2 Å². The summed E-state index contributed by atoms with van der Waals surface area (Å²) in [6, 6.07) is 1.81. The standard InChI is InChI=1S/C9H10N2O5S/c1-6-4-7-8(17-6)9(12)10(5-15-7)2-3-16-11(13)14/h4H,2-3,5H2,1H3. The SMILES string of the molecule is Cc1cc2c(s1)C(=O)N(CCO[N+](=O)[O-])CO2. The van der Waals surface area contributed by atoms with Gasteiger partial charge in [-0.15, -0.1) is 21.5 Å². The van der Waals surface area contributed by atoms with Crippen LogP contribution in [0.25, 0.3) is 0 Å². The average molecular weight is 258 g/mol. The molecule has 1 aromatic rings. The molecule has 17 heavy (non-hydrogen) atoms. The fourth-order valence-corrected chi connectivity index (χ4v) is 2.41. The molecule has 2 rings (SSSR count). The van der Waals surface area contributed by atoms with Crippen molar-refractivity contribution in [3.05, 3.63) is 25.9 Å². The Kier molecular flexibility index (Phi) is 3.14. The molecule has 0 N–H and O–H groups in total. The molecule has 1 aliphatic heterocycles. The Morgan fingerprint density at radius 3 is 3.18 bits per heavy atom. The van der Waals surface area contributed by atoms with E-state index in [0.717, 1.165) is 4.88 Å². The molecule has 1 aliphatic rings. The number of nitrogens with zero attached hydrogens (tertiary/aromatic N) is 2. The maximum absolute atomic E-state index is 11.9. The van der Waals surface area contributed by atoms with Crippen molar-refractivity contribution in [3.63, 3.8) is 0 Å². The molecule has 0 saturated carbocycles. The number of ether oxygens (including phenoxy) is 1. The van der Waals surface area contributed by atoms with Gasteiger partial charge in [-0.2, -0.15) is 0 Å². The van der Waals surface area contributed by atoms with Crippen molar-refractivity contribution in [1.29, 1.82) is 0 Å². The van der Waals surface area contributed by atoms with E-state index in [1.54, 1.807) is 0 Å². The molecule has 0 unspecified atom stereocenters. The third-order valence-electron chi connectivity index (χ3n) is 2.24. The molecule has 0 aromatic carbocycles. The van der Waals surface area contributed by atoms with E-state index in [1.165, 1.54) is 16.2 Å². The molecule has 1 aromatic heterocycles. The predicted octanol–water partition coefficient (Wildman–Crippen LogP) is 1.06. The number of thiophene rings is 1. The fraction of sp³-hybridized carbons (Fsp3) is 0.444. The first kappa shape index (κ1) is 11.6. The molecule has 7 nitrogen and oxygen atoms in total. The summed E-state index contributed by atoms with van der Waals surface area (Å²) in [5.41, 5.74) is 0. The van der Waals surface area contributed by atoms with E-state index in [4.69, 9.17) is 4.74 Å². The molecule has 8 heteroatoms. The molecule has 2 heterocycles. The second kappa shape index (κ2) is 4.58. The van der Waals surface area contributed by atoms with E-state index in [2.05, 4.69) is 4.84 Å². The van der Waals surface area contributed by atoms with Crippen molar-refractivity contribution in [2.24, 2.45) is 0 Å². The van der Waals surface area contributed by atoms with Crippen LogP contribution in [0.4, 0.5) is 0 Å². The summed E-state index contributed by atoms with van der Waals surface area (Å²) in [5.74, 6) is 0.417. The molecular weight excluding hydrogens is 248 g/mol. The van der Waals surface area contributed by atoms with Crippen LogP contribution in [0.2, 0.25) is 0 Å². The summed E-state index contributed by atoms with van der Waals surface area (Å²) in [6.45, 7) is 1.97. The van der Waals surface area contributed by atoms with Crippen LogP contribution in [-0.2, 0) is 4.84 Å². The Bertz CT molecular complexity index is 458. The van der Waals surface area contributed by atoms with E-state index < -0.39 is 5.09 Å². The van der Waals surface area contributed by atoms with Gasteiger partial charge in [-0.05, 0) is 13.0 Å². The van der Waals surface area contributed by atoms with Crippen LogP contribution < -0.4 is 4.74 Å². The minimum absolute atomic E-state index is 0.100. The number of hydrogen-bond donors (Lipinski definition) is 0. The van der Waals surface area contributed by atoms with Crippen LogP contribution in [0.5, 0.6) is 5.75 Å². The van der Waals surface area contributed by atoms with E-state index in [1.807, 2.05) is 13.0 Å². The first-order valence-electron chi connectivity index (χ1n) is 4.87. The average Bonchev–Trinajstić information content (AvgIpc) is 2.63. The predicted molar refractivity (Wildman–Crippen MR) is 58.5 cm³/mol. The van der Waals surface area contributed by atoms with Gasteiger partial charge in [-0.25, -0.2) is 0 Å². The monoisotopic (exact) mass is 258 g/mol. The first-order chi connectivity index (χ1) is 8.08. The third kappa shape index (κ3) is 2.47. The minimum atomic E-state index is -0.879. The number of carbonyl (C=O) groups is 1. The second-order valence-electron chi connectivity index (χ2n) is 3.45. The zero-order chi connectivity index (χ0) is 12.4. The molecule has 0 aliphatic carbocycles. The topological polar surface area (TPSA) is 81.9 Å². The van der Waals surface area contributed by atoms with Gasteiger partial charge < -0.3 is 14.5 Å². The number of fused-ring (bicyclic) bond motifs is 1. The van der Waals surface area contributed by atoms with Crippen molar-refractivity contribution < 1.29 is 19.5 Å². The Hall–Kier alpha value is -1.83. The summed E-state index contributed by atoms with van der Waals surface area (Å²) in [6.07, 6.45) is 0. The van der Waals surface area contributed by atoms with Gasteiger partial charge in [-0.3, -0.25) is 4.79 Å².